The number of aromatic carboxylic acids is 3. The van der Waals surface area contributed by atoms with Gasteiger partial charge >= 0.3 is 17.9 Å². The van der Waals surface area contributed by atoms with Crippen LogP contribution in [0.2, 0.25) is 0 Å². The van der Waals surface area contributed by atoms with Crippen molar-refractivity contribution in [1.29, 1.82) is 0 Å². The molecule has 33 heavy (non-hydrogen) atoms. The number of aromatic nitrogens is 3. The topological polar surface area (TPSA) is 151 Å². The third-order valence-electron chi connectivity index (χ3n) is 4.83. The van der Waals surface area contributed by atoms with Crippen molar-refractivity contribution < 1.29 is 29.7 Å². The van der Waals surface area contributed by atoms with Crippen molar-refractivity contribution in [3.8, 4) is 34.2 Å². The van der Waals surface area contributed by atoms with Crippen LogP contribution in [-0.2, 0) is 0 Å². The summed E-state index contributed by atoms with van der Waals surface area (Å²) in [6.07, 6.45) is 0. The van der Waals surface area contributed by atoms with Crippen LogP contribution in [0.15, 0.2) is 72.8 Å². The smallest absolute Gasteiger partial charge is 0.336 e. The van der Waals surface area contributed by atoms with Crippen molar-refractivity contribution in [3.05, 3.63) is 89.5 Å². The van der Waals surface area contributed by atoms with E-state index in [4.69, 9.17) is 0 Å². The van der Waals surface area contributed by atoms with E-state index in [1.807, 2.05) is 0 Å². The molecular weight excluding hydrogens is 426 g/mol. The Morgan fingerprint density at radius 3 is 0.939 bits per heavy atom. The molecule has 0 radical (unpaired) electrons. The second-order valence-electron chi connectivity index (χ2n) is 6.86. The van der Waals surface area contributed by atoms with E-state index in [0.29, 0.717) is 0 Å². The van der Waals surface area contributed by atoms with E-state index in [0.717, 1.165) is 0 Å². The molecule has 0 atom stereocenters. The fraction of sp³-hybridized carbons (Fsp3) is 0. The zero-order valence-electron chi connectivity index (χ0n) is 16.8. The molecule has 0 aliphatic rings. The van der Waals surface area contributed by atoms with E-state index in [2.05, 4.69) is 15.0 Å². The minimum absolute atomic E-state index is 0.0339. The number of carbonyl (C=O) groups is 3. The highest BCUT2D eigenvalue weighted by atomic mass is 16.4. The summed E-state index contributed by atoms with van der Waals surface area (Å²) in [5.41, 5.74) is 0.317. The summed E-state index contributed by atoms with van der Waals surface area (Å²) in [7, 11) is 0. The quantitative estimate of drug-likeness (QED) is 0.404. The first-order valence-corrected chi connectivity index (χ1v) is 9.61. The molecule has 0 bridgehead atoms. The van der Waals surface area contributed by atoms with E-state index < -0.39 is 17.9 Å². The Bertz CT molecular complexity index is 1230. The first-order valence-electron chi connectivity index (χ1n) is 9.61. The number of carboxylic acid groups (broad SMARTS) is 3. The maximum Gasteiger partial charge on any atom is 0.336 e. The van der Waals surface area contributed by atoms with Gasteiger partial charge in [0, 0.05) is 16.7 Å². The van der Waals surface area contributed by atoms with Crippen molar-refractivity contribution >= 4 is 17.9 Å². The first kappa shape index (κ1) is 21.3. The fourth-order valence-electron chi connectivity index (χ4n) is 3.33. The lowest BCUT2D eigenvalue weighted by Gasteiger charge is -2.12. The highest BCUT2D eigenvalue weighted by molar-refractivity contribution is 5.98. The molecule has 9 heteroatoms. The van der Waals surface area contributed by atoms with Crippen molar-refractivity contribution in [2.24, 2.45) is 0 Å². The summed E-state index contributed by atoms with van der Waals surface area (Å²) in [5.74, 6) is -3.71. The Morgan fingerprint density at radius 2 is 0.697 bits per heavy atom. The van der Waals surface area contributed by atoms with Gasteiger partial charge in [0.25, 0.3) is 0 Å². The summed E-state index contributed by atoms with van der Waals surface area (Å²) in [4.78, 5) is 48.4. The molecule has 4 rings (SSSR count). The van der Waals surface area contributed by atoms with E-state index in [-0.39, 0.29) is 50.9 Å². The average molecular weight is 441 g/mol. The van der Waals surface area contributed by atoms with Gasteiger partial charge in [-0.1, -0.05) is 54.6 Å². The average Bonchev–Trinajstić information content (AvgIpc) is 2.83. The first-order chi connectivity index (χ1) is 15.9. The Hall–Kier alpha value is -4.92. The van der Waals surface area contributed by atoms with Gasteiger partial charge in [0.2, 0.25) is 0 Å². The van der Waals surface area contributed by atoms with Gasteiger partial charge in [-0.2, -0.15) is 0 Å². The predicted octanol–water partition coefficient (Wildman–Crippen LogP) is 3.97. The summed E-state index contributed by atoms with van der Waals surface area (Å²) >= 11 is 0. The molecule has 0 fully saturated rings. The van der Waals surface area contributed by atoms with Gasteiger partial charge in [0.15, 0.2) is 17.5 Å². The molecule has 0 aliphatic heterocycles. The summed E-state index contributed by atoms with van der Waals surface area (Å²) in [5, 5.41) is 28.8. The molecule has 4 aromatic rings. The van der Waals surface area contributed by atoms with Crippen LogP contribution in [0.3, 0.4) is 0 Å². The monoisotopic (exact) mass is 441 g/mol. The maximum absolute atomic E-state index is 11.8. The lowest BCUT2D eigenvalue weighted by atomic mass is 10.0. The summed E-state index contributed by atoms with van der Waals surface area (Å²) in [6, 6.07) is 18.2. The fourth-order valence-corrected chi connectivity index (χ4v) is 3.33. The molecule has 1 heterocycles. The van der Waals surface area contributed by atoms with Gasteiger partial charge in [-0.3, -0.25) is 0 Å². The van der Waals surface area contributed by atoms with Crippen LogP contribution in [0.5, 0.6) is 0 Å². The van der Waals surface area contributed by atoms with Crippen molar-refractivity contribution in [3.63, 3.8) is 0 Å². The van der Waals surface area contributed by atoms with Crippen LogP contribution < -0.4 is 0 Å². The molecule has 0 aliphatic carbocycles. The van der Waals surface area contributed by atoms with Gasteiger partial charge in [-0.15, -0.1) is 0 Å². The lowest BCUT2D eigenvalue weighted by Crippen LogP contribution is -2.08. The predicted molar refractivity (Wildman–Crippen MR) is 117 cm³/mol. The number of hydrogen-bond donors (Lipinski definition) is 3. The molecule has 1 aromatic heterocycles. The molecule has 0 spiro atoms. The number of rotatable bonds is 6. The second kappa shape index (κ2) is 8.67. The summed E-state index contributed by atoms with van der Waals surface area (Å²) in [6.45, 7) is 0. The van der Waals surface area contributed by atoms with Gasteiger partial charge in [0.05, 0.1) is 16.7 Å². The molecular formula is C24H15N3O6. The molecule has 9 nitrogen and oxygen atoms in total. The Morgan fingerprint density at radius 1 is 0.455 bits per heavy atom. The maximum atomic E-state index is 11.8. The molecule has 0 unspecified atom stereocenters. The molecule has 3 N–H and O–H groups in total. The molecule has 0 saturated heterocycles. The zero-order valence-corrected chi connectivity index (χ0v) is 16.8. The number of carboxylic acids is 3. The van der Waals surface area contributed by atoms with Crippen LogP contribution in [-0.4, -0.2) is 48.2 Å². The van der Waals surface area contributed by atoms with Crippen LogP contribution in [0.4, 0.5) is 0 Å². The molecule has 0 saturated carbocycles. The third kappa shape index (κ3) is 4.15. The lowest BCUT2D eigenvalue weighted by molar-refractivity contribution is 0.0687. The van der Waals surface area contributed by atoms with Crippen molar-refractivity contribution in [2.45, 2.75) is 0 Å². The molecule has 162 valence electrons. The van der Waals surface area contributed by atoms with Gasteiger partial charge in [0.1, 0.15) is 0 Å². The second-order valence-corrected chi connectivity index (χ2v) is 6.86. The van der Waals surface area contributed by atoms with Crippen LogP contribution >= 0.6 is 0 Å². The van der Waals surface area contributed by atoms with E-state index in [1.165, 1.54) is 36.4 Å². The third-order valence-corrected chi connectivity index (χ3v) is 4.83. The largest absolute Gasteiger partial charge is 0.478 e. The van der Waals surface area contributed by atoms with Gasteiger partial charge in [-0.05, 0) is 18.2 Å². The highest BCUT2D eigenvalue weighted by Crippen LogP contribution is 2.29. The van der Waals surface area contributed by atoms with Crippen molar-refractivity contribution in [2.75, 3.05) is 0 Å². The van der Waals surface area contributed by atoms with Crippen LogP contribution in [0.25, 0.3) is 34.2 Å². The van der Waals surface area contributed by atoms with E-state index >= 15 is 0 Å². The van der Waals surface area contributed by atoms with Gasteiger partial charge in [-0.25, -0.2) is 29.3 Å². The van der Waals surface area contributed by atoms with Crippen molar-refractivity contribution in [1.82, 2.24) is 15.0 Å². The zero-order chi connectivity index (χ0) is 23.5. The standard InChI is InChI=1S/C24H15N3O6/c28-22(29)16-10-4-1-7-13(16)19-25-20(14-8-2-5-11-17(14)23(30)31)27-21(26-19)15-9-3-6-12-18(15)24(32)33/h1-12H,(H,28,29)(H,30,31)(H,32,33). The SMILES string of the molecule is O=C(O)c1ccccc1-c1nc(-c2ccccc2C(=O)O)nc(-c2ccccc2C(=O)O)n1. The number of benzene rings is 3. The Balaban J connectivity index is 2.06. The minimum Gasteiger partial charge on any atom is -0.478 e. The Labute approximate surface area is 186 Å². The molecule has 3 aromatic carbocycles. The Kier molecular flexibility index (Phi) is 5.60. The molecule has 0 amide bonds. The summed E-state index contributed by atoms with van der Waals surface area (Å²) < 4.78 is 0. The van der Waals surface area contributed by atoms with Crippen LogP contribution in [0.1, 0.15) is 31.1 Å². The van der Waals surface area contributed by atoms with Gasteiger partial charge < -0.3 is 15.3 Å². The highest BCUT2D eigenvalue weighted by Gasteiger charge is 2.21. The normalized spacial score (nSPS) is 10.5. The number of hydrogen-bond acceptors (Lipinski definition) is 6. The van der Waals surface area contributed by atoms with E-state index in [1.54, 1.807) is 36.4 Å². The van der Waals surface area contributed by atoms with E-state index in [9.17, 15) is 29.7 Å². The van der Waals surface area contributed by atoms with Crippen LogP contribution in [0, 0.1) is 0 Å². The minimum atomic E-state index is -1.20. The number of nitrogens with zero attached hydrogens (tertiary/aromatic N) is 3.